The summed E-state index contributed by atoms with van der Waals surface area (Å²) in [6, 6.07) is 3.45. The third kappa shape index (κ3) is 3.41. The van der Waals surface area contributed by atoms with Gasteiger partial charge in [-0.2, -0.15) is 13.2 Å². The van der Waals surface area contributed by atoms with Crippen LogP contribution in [0.4, 0.5) is 24.8 Å². The lowest BCUT2D eigenvalue weighted by atomic mass is 10.1. The first-order valence-electron chi connectivity index (χ1n) is 9.13. The number of nitrogens with zero attached hydrogens (tertiary/aromatic N) is 3. The van der Waals surface area contributed by atoms with Crippen molar-refractivity contribution >= 4 is 28.3 Å². The third-order valence-electron chi connectivity index (χ3n) is 5.47. The van der Waals surface area contributed by atoms with Crippen LogP contribution in [-0.4, -0.2) is 26.6 Å². The van der Waals surface area contributed by atoms with Crippen molar-refractivity contribution in [2.45, 2.75) is 26.4 Å². The number of amides is 1. The predicted octanol–water partition coefficient (Wildman–Crippen LogP) is 3.97. The molecule has 3 aromatic rings. The van der Waals surface area contributed by atoms with E-state index in [1.54, 1.807) is 6.07 Å². The quantitative estimate of drug-likeness (QED) is 0.693. The third-order valence-corrected chi connectivity index (χ3v) is 5.47. The van der Waals surface area contributed by atoms with Gasteiger partial charge in [-0.25, -0.2) is 9.97 Å². The summed E-state index contributed by atoms with van der Waals surface area (Å²) in [6.07, 6.45) is -1.07. The van der Waals surface area contributed by atoms with Crippen LogP contribution in [0.2, 0.25) is 0 Å². The Balaban J connectivity index is 1.66. The first-order valence-corrected chi connectivity index (χ1v) is 9.13. The van der Waals surface area contributed by atoms with Gasteiger partial charge in [-0.15, -0.1) is 0 Å². The molecule has 3 heterocycles. The van der Waals surface area contributed by atoms with Gasteiger partial charge in [-0.1, -0.05) is 0 Å². The average Bonchev–Trinajstić information content (AvgIpc) is 3.38. The summed E-state index contributed by atoms with van der Waals surface area (Å²) in [7, 11) is 1.94. The first kappa shape index (κ1) is 19.2. The summed E-state index contributed by atoms with van der Waals surface area (Å²) in [5.41, 5.74) is 9.84. The monoisotopic (exact) mass is 403 g/mol. The van der Waals surface area contributed by atoms with E-state index < -0.39 is 23.9 Å². The molecule has 0 aromatic carbocycles. The number of pyridine rings is 2. The number of carbonyl (C=O) groups excluding carboxylic acids is 1. The number of carbonyl (C=O) groups is 1. The van der Waals surface area contributed by atoms with Gasteiger partial charge in [0.05, 0.1) is 17.5 Å². The molecule has 2 atom stereocenters. The van der Waals surface area contributed by atoms with E-state index in [9.17, 15) is 18.0 Å². The lowest BCUT2D eigenvalue weighted by molar-refractivity contribution is -0.153. The fourth-order valence-electron chi connectivity index (χ4n) is 3.74. The smallest absolute Gasteiger partial charge is 0.383 e. The van der Waals surface area contributed by atoms with Gasteiger partial charge in [-0.05, 0) is 43.4 Å². The Kier molecular flexibility index (Phi) is 4.29. The molecule has 0 unspecified atom stereocenters. The molecule has 0 aliphatic heterocycles. The van der Waals surface area contributed by atoms with Crippen LogP contribution in [0.3, 0.4) is 0 Å². The zero-order valence-electron chi connectivity index (χ0n) is 16.1. The van der Waals surface area contributed by atoms with Gasteiger partial charge in [0.2, 0.25) is 5.91 Å². The number of anilines is 2. The van der Waals surface area contributed by atoms with E-state index >= 15 is 0 Å². The molecule has 0 radical (unpaired) electrons. The highest BCUT2D eigenvalue weighted by Crippen LogP contribution is 2.50. The van der Waals surface area contributed by atoms with Crippen LogP contribution in [0.25, 0.3) is 22.0 Å². The number of aromatic nitrogens is 3. The van der Waals surface area contributed by atoms with Crippen molar-refractivity contribution in [3.63, 3.8) is 0 Å². The fraction of sp³-hybridized carbons (Fsp3) is 0.350. The van der Waals surface area contributed by atoms with E-state index in [4.69, 9.17) is 5.73 Å². The second kappa shape index (κ2) is 6.47. The van der Waals surface area contributed by atoms with Crippen LogP contribution >= 0.6 is 0 Å². The molecule has 0 saturated heterocycles. The van der Waals surface area contributed by atoms with Crippen molar-refractivity contribution in [2.24, 2.45) is 18.9 Å². The Bertz CT molecular complexity index is 1140. The van der Waals surface area contributed by atoms with Gasteiger partial charge in [0.15, 0.2) is 0 Å². The van der Waals surface area contributed by atoms with Crippen LogP contribution in [0, 0.1) is 25.7 Å². The van der Waals surface area contributed by atoms with E-state index in [-0.39, 0.29) is 12.2 Å². The van der Waals surface area contributed by atoms with Gasteiger partial charge in [-0.3, -0.25) is 4.79 Å². The highest BCUT2D eigenvalue weighted by molar-refractivity contribution is 5.98. The van der Waals surface area contributed by atoms with E-state index in [1.165, 1.54) is 6.20 Å². The number of hydrogen-bond acceptors (Lipinski definition) is 4. The number of rotatable bonds is 3. The Morgan fingerprint density at radius 3 is 2.62 bits per heavy atom. The van der Waals surface area contributed by atoms with Gasteiger partial charge in [0.25, 0.3) is 0 Å². The van der Waals surface area contributed by atoms with Crippen LogP contribution in [0.15, 0.2) is 24.5 Å². The van der Waals surface area contributed by atoms with Crippen molar-refractivity contribution in [3.05, 3.63) is 35.8 Å². The van der Waals surface area contributed by atoms with Gasteiger partial charge < -0.3 is 15.6 Å². The van der Waals surface area contributed by atoms with E-state index in [1.807, 2.05) is 37.7 Å². The minimum atomic E-state index is -4.35. The zero-order valence-corrected chi connectivity index (χ0v) is 16.1. The molecule has 6 nitrogen and oxygen atoms in total. The molecule has 1 saturated carbocycles. The molecular weight excluding hydrogens is 383 g/mol. The largest absolute Gasteiger partial charge is 0.392 e. The summed E-state index contributed by atoms with van der Waals surface area (Å²) in [5.74, 6) is -2.81. The van der Waals surface area contributed by atoms with Crippen molar-refractivity contribution in [1.29, 1.82) is 0 Å². The molecule has 29 heavy (non-hydrogen) atoms. The zero-order chi connectivity index (χ0) is 21.1. The average molecular weight is 403 g/mol. The Labute approximate surface area is 164 Å². The summed E-state index contributed by atoms with van der Waals surface area (Å²) < 4.78 is 40.1. The van der Waals surface area contributed by atoms with Crippen molar-refractivity contribution in [3.8, 4) is 11.3 Å². The second-order valence-corrected chi connectivity index (χ2v) is 7.55. The first-order chi connectivity index (χ1) is 13.6. The molecule has 3 aromatic heterocycles. The predicted molar refractivity (Wildman–Crippen MR) is 104 cm³/mol. The Morgan fingerprint density at radius 1 is 1.31 bits per heavy atom. The van der Waals surface area contributed by atoms with Crippen LogP contribution in [0.1, 0.15) is 17.7 Å². The van der Waals surface area contributed by atoms with E-state index in [2.05, 4.69) is 15.3 Å². The minimum Gasteiger partial charge on any atom is -0.383 e. The molecule has 1 aliphatic rings. The summed E-state index contributed by atoms with van der Waals surface area (Å²) in [6.45, 7) is 3.96. The Hall–Kier alpha value is -3.10. The minimum absolute atomic E-state index is 0.184. The van der Waals surface area contributed by atoms with Gasteiger partial charge in [0.1, 0.15) is 11.6 Å². The maximum atomic E-state index is 12.7. The lowest BCUT2D eigenvalue weighted by Gasteiger charge is -2.10. The van der Waals surface area contributed by atoms with Crippen molar-refractivity contribution < 1.29 is 18.0 Å². The molecule has 1 amide bonds. The maximum Gasteiger partial charge on any atom is 0.392 e. The number of hydrogen-bond donors (Lipinski definition) is 2. The number of halogens is 3. The topological polar surface area (TPSA) is 85.8 Å². The summed E-state index contributed by atoms with van der Waals surface area (Å²) in [5, 5.41) is 3.79. The number of nitrogen functional groups attached to an aromatic ring is 1. The number of nitrogens with two attached hydrogens (primary N) is 1. The molecular formula is C20H20F3N5O. The number of alkyl halides is 3. The number of nitrogens with one attached hydrogen (secondary N) is 1. The van der Waals surface area contributed by atoms with Gasteiger partial charge in [0, 0.05) is 36.1 Å². The van der Waals surface area contributed by atoms with Crippen LogP contribution in [-0.2, 0) is 11.8 Å². The van der Waals surface area contributed by atoms with E-state index in [0.29, 0.717) is 22.3 Å². The SMILES string of the molecule is Cc1cn(C)c(C)c1-c1cc2cc(NC(=O)[C@H]3C[C@@H]3C(F)(F)F)ncc2c(N)n1. The summed E-state index contributed by atoms with van der Waals surface area (Å²) in [4.78, 5) is 20.7. The number of fused-ring (bicyclic) bond motifs is 1. The molecule has 0 spiro atoms. The second-order valence-electron chi connectivity index (χ2n) is 7.55. The lowest BCUT2D eigenvalue weighted by Crippen LogP contribution is -2.20. The molecule has 4 rings (SSSR count). The summed E-state index contributed by atoms with van der Waals surface area (Å²) >= 11 is 0. The Morgan fingerprint density at radius 2 is 2.03 bits per heavy atom. The number of aryl methyl sites for hydroxylation is 2. The molecule has 0 bridgehead atoms. The van der Waals surface area contributed by atoms with Crippen molar-refractivity contribution in [2.75, 3.05) is 11.1 Å². The normalized spacial score (nSPS) is 18.8. The molecule has 9 heteroatoms. The van der Waals surface area contributed by atoms with Gasteiger partial charge >= 0.3 is 6.18 Å². The fourth-order valence-corrected chi connectivity index (χ4v) is 3.74. The molecule has 3 N–H and O–H groups in total. The molecule has 152 valence electrons. The van der Waals surface area contributed by atoms with Crippen LogP contribution < -0.4 is 11.1 Å². The molecule has 1 aliphatic carbocycles. The van der Waals surface area contributed by atoms with Crippen LogP contribution in [0.5, 0.6) is 0 Å². The highest BCUT2D eigenvalue weighted by Gasteiger charge is 2.58. The standard InChI is InChI=1S/C20H20F3N5O/c1-9-8-28(3)10(2)17(9)15-4-11-5-16(25-7-13(11)18(24)26-15)27-19(29)12-6-14(12)20(21,22)23/h4-5,7-8,12,14H,6H2,1-3H3,(H2,24,26)(H,25,27,29)/t12-,14-/m0/s1. The van der Waals surface area contributed by atoms with E-state index in [0.717, 1.165) is 16.8 Å². The van der Waals surface area contributed by atoms with Crippen molar-refractivity contribution in [1.82, 2.24) is 14.5 Å². The highest BCUT2D eigenvalue weighted by atomic mass is 19.4. The molecule has 1 fully saturated rings. The maximum absolute atomic E-state index is 12.7.